The van der Waals surface area contributed by atoms with Gasteiger partial charge in [-0.3, -0.25) is 4.90 Å². The predicted octanol–water partition coefficient (Wildman–Crippen LogP) is -1.49. The molecule has 0 aromatic heterocycles. The Bertz CT molecular complexity index is 117. The molecule has 0 fully saturated rings. The summed E-state index contributed by atoms with van der Waals surface area (Å²) in [5, 5.41) is 17.2. The molecule has 5 nitrogen and oxygen atoms in total. The van der Waals surface area contributed by atoms with E-state index in [1.807, 2.05) is 0 Å². The fraction of sp³-hybridized carbons (Fsp3) is 0.600. The summed E-state index contributed by atoms with van der Waals surface area (Å²) >= 11 is 0. The van der Waals surface area contributed by atoms with Crippen molar-refractivity contribution in [3.05, 3.63) is 6.92 Å². The van der Waals surface area contributed by atoms with Gasteiger partial charge in [-0.25, -0.2) is 4.79 Å². The monoisotopic (exact) mass is 147 g/mol. The number of urea groups is 1. The van der Waals surface area contributed by atoms with Crippen LogP contribution in [-0.2, 0) is 0 Å². The largest absolute Gasteiger partial charge is 0.392 e. The zero-order valence-corrected chi connectivity index (χ0v) is 5.53. The Hall–Kier alpha value is -0.810. The molecule has 0 aromatic rings. The van der Waals surface area contributed by atoms with Crippen LogP contribution in [0.15, 0.2) is 0 Å². The van der Waals surface area contributed by atoms with Gasteiger partial charge >= 0.3 is 6.03 Å². The van der Waals surface area contributed by atoms with Crippen molar-refractivity contribution in [1.29, 1.82) is 0 Å². The third kappa shape index (κ3) is 2.20. The summed E-state index contributed by atoms with van der Waals surface area (Å²) in [6.45, 7) is 2.84. The van der Waals surface area contributed by atoms with Crippen molar-refractivity contribution in [2.24, 2.45) is 5.73 Å². The Morgan fingerprint density at radius 1 is 1.80 bits per heavy atom. The van der Waals surface area contributed by atoms with E-state index in [0.29, 0.717) is 0 Å². The van der Waals surface area contributed by atoms with Crippen molar-refractivity contribution < 1.29 is 15.0 Å². The first kappa shape index (κ1) is 9.19. The Labute approximate surface area is 59.0 Å². The molecule has 2 amide bonds. The lowest BCUT2D eigenvalue weighted by atomic mass is 10.5. The van der Waals surface area contributed by atoms with Crippen LogP contribution in [-0.4, -0.2) is 40.5 Å². The van der Waals surface area contributed by atoms with Crippen LogP contribution < -0.4 is 5.73 Å². The molecule has 0 spiro atoms. The molecule has 0 aromatic carbocycles. The lowest BCUT2D eigenvalue weighted by Crippen LogP contribution is -2.45. The Kier molecular flexibility index (Phi) is 3.75. The maximum absolute atomic E-state index is 10.4. The van der Waals surface area contributed by atoms with Crippen LogP contribution in [0, 0.1) is 6.92 Å². The quantitative estimate of drug-likeness (QED) is 0.425. The van der Waals surface area contributed by atoms with Gasteiger partial charge in [0.05, 0.1) is 6.61 Å². The number of carbonyl (C=O) groups is 1. The van der Waals surface area contributed by atoms with Crippen molar-refractivity contribution in [2.45, 2.75) is 6.23 Å². The van der Waals surface area contributed by atoms with E-state index < -0.39 is 18.9 Å². The molecule has 0 heterocycles. The molecular formula is C5H11N2O3. The summed E-state index contributed by atoms with van der Waals surface area (Å²) in [7, 11) is 0. The number of nitrogens with zero attached hydrogens (tertiary/aromatic N) is 1. The van der Waals surface area contributed by atoms with Gasteiger partial charge in [-0.15, -0.1) is 0 Å². The summed E-state index contributed by atoms with van der Waals surface area (Å²) < 4.78 is 0. The van der Waals surface area contributed by atoms with Crippen LogP contribution in [0.5, 0.6) is 0 Å². The van der Waals surface area contributed by atoms with Crippen LogP contribution in [0.1, 0.15) is 0 Å². The molecule has 59 valence electrons. The van der Waals surface area contributed by atoms with Crippen molar-refractivity contribution in [3.8, 4) is 0 Å². The van der Waals surface area contributed by atoms with Gasteiger partial charge in [-0.2, -0.15) is 0 Å². The number of aliphatic hydroxyl groups is 2. The lowest BCUT2D eigenvalue weighted by Gasteiger charge is -2.22. The first-order valence-electron chi connectivity index (χ1n) is 2.77. The molecule has 0 rings (SSSR count). The highest BCUT2D eigenvalue weighted by Gasteiger charge is 2.15. The fourth-order valence-electron chi connectivity index (χ4n) is 0.505. The lowest BCUT2D eigenvalue weighted by molar-refractivity contribution is -0.00360. The van der Waals surface area contributed by atoms with Crippen LogP contribution >= 0.6 is 0 Å². The number of aliphatic hydroxyl groups excluding tert-OH is 2. The minimum atomic E-state index is -1.24. The van der Waals surface area contributed by atoms with E-state index >= 15 is 0 Å². The van der Waals surface area contributed by atoms with E-state index in [4.69, 9.17) is 15.9 Å². The van der Waals surface area contributed by atoms with E-state index in [1.54, 1.807) is 0 Å². The molecule has 10 heavy (non-hydrogen) atoms. The van der Waals surface area contributed by atoms with E-state index in [-0.39, 0.29) is 6.54 Å². The molecule has 5 heteroatoms. The van der Waals surface area contributed by atoms with E-state index in [1.165, 1.54) is 0 Å². The number of rotatable bonds is 3. The van der Waals surface area contributed by atoms with Crippen molar-refractivity contribution in [3.63, 3.8) is 0 Å². The minimum absolute atomic E-state index is 0.0388. The highest BCUT2D eigenvalue weighted by Crippen LogP contribution is 1.92. The second kappa shape index (κ2) is 4.08. The highest BCUT2D eigenvalue weighted by molar-refractivity contribution is 5.72. The van der Waals surface area contributed by atoms with Crippen molar-refractivity contribution in [1.82, 2.24) is 4.90 Å². The average molecular weight is 147 g/mol. The average Bonchev–Trinajstić information content (AvgIpc) is 1.88. The van der Waals surface area contributed by atoms with Gasteiger partial charge in [0, 0.05) is 6.54 Å². The molecule has 1 unspecified atom stereocenters. The molecule has 0 aliphatic heterocycles. The maximum Gasteiger partial charge on any atom is 0.316 e. The summed E-state index contributed by atoms with van der Waals surface area (Å²) in [5.74, 6) is 0. The standard InChI is InChI=1S/C5H11N2O3/c1-2-7(5(6)10)4(9)3-8/h4,8-9H,1-3H2,(H2,6,10). The predicted molar refractivity (Wildman–Crippen MR) is 34.7 cm³/mol. The van der Waals surface area contributed by atoms with Gasteiger partial charge in [-0.1, -0.05) is 0 Å². The molecular weight excluding hydrogens is 136 g/mol. The number of amides is 2. The number of nitrogens with two attached hydrogens (primary N) is 1. The zero-order chi connectivity index (χ0) is 8.15. The van der Waals surface area contributed by atoms with Gasteiger partial charge in [0.2, 0.25) is 0 Å². The highest BCUT2D eigenvalue weighted by atomic mass is 16.3. The topological polar surface area (TPSA) is 86.8 Å². The summed E-state index contributed by atoms with van der Waals surface area (Å²) in [6.07, 6.45) is -1.24. The number of carbonyl (C=O) groups excluding carboxylic acids is 1. The molecule has 0 aliphatic carbocycles. The smallest absolute Gasteiger partial charge is 0.316 e. The first-order valence-corrected chi connectivity index (χ1v) is 2.77. The Balaban J connectivity index is 3.92. The third-order valence-corrected chi connectivity index (χ3v) is 1.05. The van der Waals surface area contributed by atoms with Crippen LogP contribution in [0.25, 0.3) is 0 Å². The molecule has 0 aliphatic rings. The Morgan fingerprint density at radius 2 is 2.30 bits per heavy atom. The van der Waals surface area contributed by atoms with E-state index in [2.05, 4.69) is 6.92 Å². The molecule has 0 bridgehead atoms. The van der Waals surface area contributed by atoms with Crippen LogP contribution in [0.3, 0.4) is 0 Å². The third-order valence-electron chi connectivity index (χ3n) is 1.05. The number of hydrogen-bond donors (Lipinski definition) is 3. The molecule has 0 saturated heterocycles. The molecule has 1 radical (unpaired) electrons. The van der Waals surface area contributed by atoms with Crippen molar-refractivity contribution in [2.75, 3.05) is 13.2 Å². The van der Waals surface area contributed by atoms with E-state index in [9.17, 15) is 4.79 Å². The van der Waals surface area contributed by atoms with Gasteiger partial charge < -0.3 is 15.9 Å². The number of hydrogen-bond acceptors (Lipinski definition) is 3. The minimum Gasteiger partial charge on any atom is -0.392 e. The molecule has 0 saturated carbocycles. The fourth-order valence-corrected chi connectivity index (χ4v) is 0.505. The summed E-state index contributed by atoms with van der Waals surface area (Å²) in [6, 6.07) is -0.795. The first-order chi connectivity index (χ1) is 4.63. The van der Waals surface area contributed by atoms with Gasteiger partial charge in [-0.05, 0) is 6.92 Å². The second-order valence-electron chi connectivity index (χ2n) is 1.69. The summed E-state index contributed by atoms with van der Waals surface area (Å²) in [5.41, 5.74) is 4.80. The second-order valence-corrected chi connectivity index (χ2v) is 1.69. The maximum atomic E-state index is 10.4. The van der Waals surface area contributed by atoms with Gasteiger partial charge in [0.15, 0.2) is 6.23 Å². The van der Waals surface area contributed by atoms with Crippen LogP contribution in [0.2, 0.25) is 0 Å². The van der Waals surface area contributed by atoms with E-state index in [0.717, 1.165) is 4.90 Å². The number of primary amides is 1. The zero-order valence-electron chi connectivity index (χ0n) is 5.53. The molecule has 4 N–H and O–H groups in total. The SMILES string of the molecule is [CH2]CN(C(N)=O)C(O)CO. The van der Waals surface area contributed by atoms with Crippen molar-refractivity contribution >= 4 is 6.03 Å². The Morgan fingerprint density at radius 3 is 2.40 bits per heavy atom. The molecule has 1 atom stereocenters. The normalized spacial score (nSPS) is 12.7. The van der Waals surface area contributed by atoms with Gasteiger partial charge in [0.1, 0.15) is 0 Å². The van der Waals surface area contributed by atoms with Gasteiger partial charge in [0.25, 0.3) is 0 Å². The summed E-state index contributed by atoms with van der Waals surface area (Å²) in [4.78, 5) is 11.2. The van der Waals surface area contributed by atoms with Crippen LogP contribution in [0.4, 0.5) is 4.79 Å².